The minimum Gasteiger partial charge on any atom is -0.366 e. The highest BCUT2D eigenvalue weighted by atomic mass is 32.2. The summed E-state index contributed by atoms with van der Waals surface area (Å²) in [5.41, 5.74) is 0.614. The van der Waals surface area contributed by atoms with Gasteiger partial charge < -0.3 is 10.6 Å². The molecule has 2 aromatic rings. The van der Waals surface area contributed by atoms with Gasteiger partial charge in [-0.2, -0.15) is 15.1 Å². The molecule has 8 nitrogen and oxygen atoms in total. The van der Waals surface area contributed by atoms with E-state index in [-0.39, 0.29) is 17.5 Å². The zero-order valence-corrected chi connectivity index (χ0v) is 11.2. The second-order valence-corrected chi connectivity index (χ2v) is 6.75. The fourth-order valence-corrected chi connectivity index (χ4v) is 3.83. The van der Waals surface area contributed by atoms with E-state index in [0.29, 0.717) is 23.8 Å². The zero-order chi connectivity index (χ0) is 13.5. The fourth-order valence-electron chi connectivity index (χ4n) is 2.16. The summed E-state index contributed by atoms with van der Waals surface area (Å²) in [4.78, 5) is 8.53. The Morgan fingerprint density at radius 3 is 2.95 bits per heavy atom. The van der Waals surface area contributed by atoms with Gasteiger partial charge in [0.15, 0.2) is 15.5 Å². The number of hydrogen-bond donors (Lipinski definition) is 3. The minimum atomic E-state index is -2.92. The molecule has 1 atom stereocenters. The first-order valence-electron chi connectivity index (χ1n) is 5.93. The Balaban J connectivity index is 1.94. The molecule has 102 valence electrons. The molecule has 0 amide bonds. The molecule has 3 rings (SSSR count). The van der Waals surface area contributed by atoms with Crippen LogP contribution in [-0.2, 0) is 9.84 Å². The van der Waals surface area contributed by atoms with Gasteiger partial charge in [-0.3, -0.25) is 5.10 Å². The van der Waals surface area contributed by atoms with Crippen molar-refractivity contribution < 1.29 is 8.42 Å². The summed E-state index contributed by atoms with van der Waals surface area (Å²) in [6.45, 7) is 0. The molecule has 1 fully saturated rings. The van der Waals surface area contributed by atoms with Crippen molar-refractivity contribution in [1.29, 1.82) is 0 Å². The normalized spacial score (nSPS) is 21.6. The van der Waals surface area contributed by atoms with Crippen LogP contribution in [0.4, 0.5) is 11.8 Å². The van der Waals surface area contributed by atoms with Crippen molar-refractivity contribution in [3.63, 3.8) is 0 Å². The number of nitrogens with zero attached hydrogens (tertiary/aromatic N) is 3. The highest BCUT2D eigenvalue weighted by Crippen LogP contribution is 2.23. The summed E-state index contributed by atoms with van der Waals surface area (Å²) in [6.07, 6.45) is 2.22. The Labute approximate surface area is 109 Å². The van der Waals surface area contributed by atoms with E-state index >= 15 is 0 Å². The highest BCUT2D eigenvalue weighted by Gasteiger charge is 2.28. The molecule has 1 aliphatic heterocycles. The van der Waals surface area contributed by atoms with Crippen molar-refractivity contribution in [2.24, 2.45) is 0 Å². The number of hydrogen-bond acceptors (Lipinski definition) is 7. The summed E-state index contributed by atoms with van der Waals surface area (Å²) in [6, 6.07) is -0.109. The Hall–Kier alpha value is -1.90. The van der Waals surface area contributed by atoms with Crippen molar-refractivity contribution >= 4 is 32.6 Å². The lowest BCUT2D eigenvalue weighted by Gasteiger charge is -2.12. The van der Waals surface area contributed by atoms with Crippen LogP contribution in [0.15, 0.2) is 6.20 Å². The van der Waals surface area contributed by atoms with E-state index in [2.05, 4.69) is 30.8 Å². The molecule has 19 heavy (non-hydrogen) atoms. The van der Waals surface area contributed by atoms with Gasteiger partial charge >= 0.3 is 0 Å². The first-order valence-corrected chi connectivity index (χ1v) is 7.75. The molecule has 9 heteroatoms. The predicted molar refractivity (Wildman–Crippen MR) is 71.9 cm³/mol. The SMILES string of the molecule is CNc1nc(NC2CCS(=O)(=O)C2)c2cn[nH]c2n1. The lowest BCUT2D eigenvalue weighted by Crippen LogP contribution is -2.21. The van der Waals surface area contributed by atoms with Gasteiger partial charge in [0.05, 0.1) is 23.1 Å². The molecule has 3 heterocycles. The van der Waals surface area contributed by atoms with Crippen molar-refractivity contribution in [3.8, 4) is 0 Å². The molecule has 0 spiro atoms. The van der Waals surface area contributed by atoms with E-state index in [1.807, 2.05) is 0 Å². The van der Waals surface area contributed by atoms with Gasteiger partial charge in [0.25, 0.3) is 0 Å². The van der Waals surface area contributed by atoms with Gasteiger partial charge in [-0.25, -0.2) is 8.42 Å². The minimum absolute atomic E-state index is 0.109. The van der Waals surface area contributed by atoms with Gasteiger partial charge in [0.2, 0.25) is 5.95 Å². The average Bonchev–Trinajstić information content (AvgIpc) is 2.95. The highest BCUT2D eigenvalue weighted by molar-refractivity contribution is 7.91. The predicted octanol–water partition coefficient (Wildman–Crippen LogP) is -0.00640. The van der Waals surface area contributed by atoms with Crippen molar-refractivity contribution in [1.82, 2.24) is 20.2 Å². The van der Waals surface area contributed by atoms with Crippen LogP contribution in [0.5, 0.6) is 0 Å². The summed E-state index contributed by atoms with van der Waals surface area (Å²) in [7, 11) is -1.19. The lowest BCUT2D eigenvalue weighted by atomic mass is 10.2. The topological polar surface area (TPSA) is 113 Å². The molecular formula is C10H14N6O2S. The smallest absolute Gasteiger partial charge is 0.226 e. The maximum Gasteiger partial charge on any atom is 0.226 e. The zero-order valence-electron chi connectivity index (χ0n) is 10.3. The van der Waals surface area contributed by atoms with E-state index in [1.165, 1.54) is 0 Å². The third-order valence-electron chi connectivity index (χ3n) is 3.11. The van der Waals surface area contributed by atoms with Crippen molar-refractivity contribution in [3.05, 3.63) is 6.20 Å². The third-order valence-corrected chi connectivity index (χ3v) is 4.87. The molecular weight excluding hydrogens is 268 g/mol. The second-order valence-electron chi connectivity index (χ2n) is 4.52. The first kappa shape index (κ1) is 12.2. The monoisotopic (exact) mass is 282 g/mol. The summed E-state index contributed by atoms with van der Waals surface area (Å²) in [5.74, 6) is 1.43. The second kappa shape index (κ2) is 4.34. The molecule has 1 saturated heterocycles. The molecule has 0 saturated carbocycles. The Morgan fingerprint density at radius 2 is 2.26 bits per heavy atom. The van der Waals surface area contributed by atoms with Gasteiger partial charge in [-0.1, -0.05) is 0 Å². The quantitative estimate of drug-likeness (QED) is 0.726. The maximum atomic E-state index is 11.5. The summed E-state index contributed by atoms with van der Waals surface area (Å²) >= 11 is 0. The molecule has 1 aliphatic rings. The van der Waals surface area contributed by atoms with E-state index in [1.54, 1.807) is 13.2 Å². The molecule has 0 aromatic carbocycles. The van der Waals surface area contributed by atoms with Crippen LogP contribution in [0.3, 0.4) is 0 Å². The van der Waals surface area contributed by atoms with Crippen LogP contribution < -0.4 is 10.6 Å². The summed E-state index contributed by atoms with van der Waals surface area (Å²) in [5, 5.41) is 13.5. The van der Waals surface area contributed by atoms with Gasteiger partial charge in [-0.05, 0) is 6.42 Å². The Kier molecular flexibility index (Phi) is 2.77. The van der Waals surface area contributed by atoms with Crippen molar-refractivity contribution in [2.75, 3.05) is 29.2 Å². The fraction of sp³-hybridized carbons (Fsp3) is 0.500. The third kappa shape index (κ3) is 2.33. The van der Waals surface area contributed by atoms with E-state index in [9.17, 15) is 8.42 Å². The maximum absolute atomic E-state index is 11.5. The number of anilines is 2. The Bertz CT molecular complexity index is 710. The molecule has 0 bridgehead atoms. The number of nitrogens with one attached hydrogen (secondary N) is 3. The van der Waals surface area contributed by atoms with E-state index < -0.39 is 9.84 Å². The van der Waals surface area contributed by atoms with Gasteiger partial charge in [0, 0.05) is 13.1 Å². The number of fused-ring (bicyclic) bond motifs is 1. The molecule has 0 aliphatic carbocycles. The van der Waals surface area contributed by atoms with Crippen LogP contribution in [0, 0.1) is 0 Å². The number of rotatable bonds is 3. The standard InChI is InChI=1S/C10H14N6O2S/c1-11-10-14-8(7-4-12-16-9(7)15-10)13-6-2-3-19(17,18)5-6/h4,6H,2-3,5H2,1H3,(H3,11,12,13,14,15,16). The van der Waals surface area contributed by atoms with E-state index in [0.717, 1.165) is 5.39 Å². The molecule has 0 radical (unpaired) electrons. The largest absolute Gasteiger partial charge is 0.366 e. The van der Waals surface area contributed by atoms with Gasteiger partial charge in [-0.15, -0.1) is 0 Å². The Morgan fingerprint density at radius 1 is 1.42 bits per heavy atom. The van der Waals surface area contributed by atoms with Crippen LogP contribution in [0.25, 0.3) is 11.0 Å². The molecule has 1 unspecified atom stereocenters. The molecule has 3 N–H and O–H groups in total. The van der Waals surface area contributed by atoms with Crippen LogP contribution in [0.2, 0.25) is 0 Å². The van der Waals surface area contributed by atoms with E-state index in [4.69, 9.17) is 0 Å². The summed E-state index contributed by atoms with van der Waals surface area (Å²) < 4.78 is 22.9. The molecule has 2 aromatic heterocycles. The van der Waals surface area contributed by atoms with Crippen LogP contribution >= 0.6 is 0 Å². The number of aromatic nitrogens is 4. The number of sulfone groups is 1. The number of H-pyrrole nitrogens is 1. The van der Waals surface area contributed by atoms with Crippen molar-refractivity contribution in [2.45, 2.75) is 12.5 Å². The van der Waals surface area contributed by atoms with Crippen LogP contribution in [0.1, 0.15) is 6.42 Å². The average molecular weight is 282 g/mol. The van der Waals surface area contributed by atoms with Crippen LogP contribution in [-0.4, -0.2) is 53.2 Å². The number of aromatic amines is 1. The lowest BCUT2D eigenvalue weighted by molar-refractivity contribution is 0.602. The first-order chi connectivity index (χ1) is 9.07. The van der Waals surface area contributed by atoms with Gasteiger partial charge in [0.1, 0.15) is 5.82 Å².